The van der Waals surface area contributed by atoms with Crippen LogP contribution in [0.3, 0.4) is 0 Å². The molecule has 8 heteroatoms. The minimum Gasteiger partial charge on any atom is -0.483 e. The molecule has 1 aromatic heterocycles. The maximum absolute atomic E-state index is 12.4. The van der Waals surface area contributed by atoms with Crippen LogP contribution in [0.4, 0.5) is 4.79 Å². The Morgan fingerprint density at radius 2 is 1.84 bits per heavy atom. The van der Waals surface area contributed by atoms with Crippen molar-refractivity contribution < 1.29 is 23.8 Å². The number of carbonyl (C=O) groups is 2. The lowest BCUT2D eigenvalue weighted by molar-refractivity contribution is -0.0183. The molecule has 1 spiro atoms. The number of ether oxygens (including phenoxy) is 3. The van der Waals surface area contributed by atoms with Crippen LogP contribution in [0.1, 0.15) is 55.6 Å². The number of hydrogen-bond acceptors (Lipinski definition) is 7. The molecule has 1 fully saturated rings. The standard InChI is InChI=1S/C24H29N3O5/c1-23(2,3)32-22(29)27-11-9-24(10-12-27)20(25)17-13-18(26-14-19(17)31-24)15-5-7-16(8-6-15)21(28)30-4/h5-8,13-14,20H,9-12,25H2,1-4H3. The highest BCUT2D eigenvalue weighted by molar-refractivity contribution is 5.89. The van der Waals surface area contributed by atoms with Crippen LogP contribution in [0, 0.1) is 0 Å². The topological polar surface area (TPSA) is 104 Å². The van der Waals surface area contributed by atoms with Crippen molar-refractivity contribution >= 4 is 12.1 Å². The Labute approximate surface area is 187 Å². The van der Waals surface area contributed by atoms with Gasteiger partial charge in [0.25, 0.3) is 0 Å². The maximum atomic E-state index is 12.4. The Bertz CT molecular complexity index is 1020. The summed E-state index contributed by atoms with van der Waals surface area (Å²) < 4.78 is 16.5. The lowest BCUT2D eigenvalue weighted by Gasteiger charge is -2.41. The summed E-state index contributed by atoms with van der Waals surface area (Å²) in [6.07, 6.45) is 2.63. The van der Waals surface area contributed by atoms with E-state index in [1.54, 1.807) is 23.2 Å². The van der Waals surface area contributed by atoms with Crippen molar-refractivity contribution in [3.8, 4) is 17.0 Å². The fourth-order valence-electron chi connectivity index (χ4n) is 4.21. The first-order chi connectivity index (χ1) is 15.1. The SMILES string of the molecule is COC(=O)c1ccc(-c2cc3c(cn2)OC2(CCN(C(=O)OC(C)(C)C)CC2)C3N)cc1. The van der Waals surface area contributed by atoms with Gasteiger partial charge in [-0.05, 0) is 39.0 Å². The van der Waals surface area contributed by atoms with E-state index in [1.165, 1.54) is 7.11 Å². The second-order valence-electron chi connectivity index (χ2n) is 9.29. The smallest absolute Gasteiger partial charge is 0.410 e. The second kappa shape index (κ2) is 8.09. The summed E-state index contributed by atoms with van der Waals surface area (Å²) in [4.78, 5) is 30.3. The average molecular weight is 440 g/mol. The molecular weight excluding hydrogens is 410 g/mol. The lowest BCUT2D eigenvalue weighted by Crippen LogP contribution is -2.53. The molecule has 170 valence electrons. The summed E-state index contributed by atoms with van der Waals surface area (Å²) in [5.41, 5.74) is 8.57. The van der Waals surface area contributed by atoms with Gasteiger partial charge in [0.2, 0.25) is 0 Å². The average Bonchev–Trinajstić information content (AvgIpc) is 3.03. The normalized spacial score (nSPS) is 19.3. The monoisotopic (exact) mass is 439 g/mol. The molecule has 1 aromatic carbocycles. The molecule has 4 rings (SSSR count). The largest absolute Gasteiger partial charge is 0.483 e. The molecule has 2 aliphatic heterocycles. The first-order valence-corrected chi connectivity index (χ1v) is 10.7. The number of aromatic nitrogens is 1. The van der Waals surface area contributed by atoms with E-state index in [0.29, 0.717) is 37.2 Å². The predicted molar refractivity (Wildman–Crippen MR) is 118 cm³/mol. The number of pyridine rings is 1. The number of likely N-dealkylation sites (tertiary alicyclic amines) is 1. The minimum absolute atomic E-state index is 0.309. The third-order valence-electron chi connectivity index (χ3n) is 5.98. The minimum atomic E-state index is -0.560. The third-order valence-corrected chi connectivity index (χ3v) is 5.98. The quantitative estimate of drug-likeness (QED) is 0.712. The summed E-state index contributed by atoms with van der Waals surface area (Å²) >= 11 is 0. The number of methoxy groups -OCH3 is 1. The van der Waals surface area contributed by atoms with Crippen LogP contribution in [-0.4, -0.2) is 53.3 Å². The fraction of sp³-hybridized carbons (Fsp3) is 0.458. The molecule has 3 heterocycles. The molecule has 1 saturated heterocycles. The zero-order chi connectivity index (χ0) is 23.1. The van der Waals surface area contributed by atoms with Crippen molar-refractivity contribution in [3.63, 3.8) is 0 Å². The number of esters is 1. The summed E-state index contributed by atoms with van der Waals surface area (Å²) in [7, 11) is 1.35. The Morgan fingerprint density at radius 1 is 1.19 bits per heavy atom. The van der Waals surface area contributed by atoms with Crippen LogP contribution in [0.5, 0.6) is 5.75 Å². The van der Waals surface area contributed by atoms with Crippen LogP contribution >= 0.6 is 0 Å². The summed E-state index contributed by atoms with van der Waals surface area (Å²) in [5.74, 6) is 0.298. The molecule has 1 unspecified atom stereocenters. The van der Waals surface area contributed by atoms with Crippen molar-refractivity contribution in [2.24, 2.45) is 5.73 Å². The molecule has 0 aliphatic carbocycles. The first kappa shape index (κ1) is 22.1. The highest BCUT2D eigenvalue weighted by Gasteiger charge is 2.49. The number of hydrogen-bond donors (Lipinski definition) is 1. The van der Waals surface area contributed by atoms with Crippen molar-refractivity contribution in [1.29, 1.82) is 0 Å². The summed E-state index contributed by atoms with van der Waals surface area (Å²) in [6.45, 7) is 6.61. The van der Waals surface area contributed by atoms with Gasteiger partial charge in [-0.1, -0.05) is 12.1 Å². The van der Waals surface area contributed by atoms with E-state index in [-0.39, 0.29) is 18.1 Å². The molecule has 2 aromatic rings. The van der Waals surface area contributed by atoms with Crippen molar-refractivity contribution in [2.75, 3.05) is 20.2 Å². The number of benzene rings is 1. The number of nitrogens with two attached hydrogens (primary N) is 1. The van der Waals surface area contributed by atoms with E-state index in [4.69, 9.17) is 19.9 Å². The lowest BCUT2D eigenvalue weighted by atomic mass is 9.83. The zero-order valence-corrected chi connectivity index (χ0v) is 18.9. The Kier molecular flexibility index (Phi) is 5.58. The maximum Gasteiger partial charge on any atom is 0.410 e. The van der Waals surface area contributed by atoms with Gasteiger partial charge in [-0.2, -0.15) is 0 Å². The molecule has 2 aliphatic rings. The van der Waals surface area contributed by atoms with Crippen LogP contribution in [0.15, 0.2) is 36.5 Å². The molecule has 1 atom stereocenters. The molecule has 8 nitrogen and oxygen atoms in total. The Hall–Kier alpha value is -3.13. The van der Waals surface area contributed by atoms with E-state index in [2.05, 4.69) is 4.98 Å². The van der Waals surface area contributed by atoms with Crippen LogP contribution in [0.2, 0.25) is 0 Å². The van der Waals surface area contributed by atoms with Crippen molar-refractivity contribution in [3.05, 3.63) is 47.7 Å². The molecular formula is C24H29N3O5. The van der Waals surface area contributed by atoms with Crippen LogP contribution < -0.4 is 10.5 Å². The van der Waals surface area contributed by atoms with Crippen molar-refractivity contribution in [1.82, 2.24) is 9.88 Å². The van der Waals surface area contributed by atoms with Gasteiger partial charge in [0.1, 0.15) is 17.0 Å². The van der Waals surface area contributed by atoms with Gasteiger partial charge >= 0.3 is 12.1 Å². The summed E-state index contributed by atoms with van der Waals surface area (Å²) in [6, 6.07) is 8.70. The third kappa shape index (κ3) is 4.14. The van der Waals surface area contributed by atoms with E-state index in [1.807, 2.05) is 39.0 Å². The molecule has 0 bridgehead atoms. The molecule has 32 heavy (non-hydrogen) atoms. The second-order valence-corrected chi connectivity index (χ2v) is 9.29. The van der Waals surface area contributed by atoms with E-state index in [0.717, 1.165) is 16.8 Å². The fourth-order valence-corrected chi connectivity index (χ4v) is 4.21. The van der Waals surface area contributed by atoms with E-state index < -0.39 is 11.2 Å². The van der Waals surface area contributed by atoms with Gasteiger partial charge in [-0.25, -0.2) is 9.59 Å². The number of amides is 1. The molecule has 0 radical (unpaired) electrons. The number of nitrogens with zero attached hydrogens (tertiary/aromatic N) is 2. The Morgan fingerprint density at radius 3 is 2.44 bits per heavy atom. The predicted octanol–water partition coefficient (Wildman–Crippen LogP) is 3.70. The molecule has 2 N–H and O–H groups in total. The van der Waals surface area contributed by atoms with Crippen molar-refractivity contribution in [2.45, 2.75) is 50.9 Å². The highest BCUT2D eigenvalue weighted by atomic mass is 16.6. The molecule has 1 amide bonds. The summed E-state index contributed by atoms with van der Waals surface area (Å²) in [5, 5.41) is 0. The number of rotatable bonds is 2. The zero-order valence-electron chi connectivity index (χ0n) is 18.9. The van der Waals surface area contributed by atoms with Crippen LogP contribution in [-0.2, 0) is 9.47 Å². The van der Waals surface area contributed by atoms with Crippen LogP contribution in [0.25, 0.3) is 11.3 Å². The van der Waals surface area contributed by atoms with Gasteiger partial charge < -0.3 is 24.8 Å². The van der Waals surface area contributed by atoms with Gasteiger partial charge in [0.15, 0.2) is 0 Å². The van der Waals surface area contributed by atoms with E-state index in [9.17, 15) is 9.59 Å². The number of fused-ring (bicyclic) bond motifs is 1. The highest BCUT2D eigenvalue weighted by Crippen LogP contribution is 2.47. The van der Waals surface area contributed by atoms with Gasteiger partial charge in [-0.15, -0.1) is 0 Å². The van der Waals surface area contributed by atoms with Gasteiger partial charge in [-0.3, -0.25) is 4.98 Å². The Balaban J connectivity index is 1.48. The number of carbonyl (C=O) groups excluding carboxylic acids is 2. The first-order valence-electron chi connectivity index (χ1n) is 10.7. The van der Waals surface area contributed by atoms with E-state index >= 15 is 0 Å². The number of piperidine rings is 1. The van der Waals surface area contributed by atoms with Gasteiger partial charge in [0, 0.05) is 37.1 Å². The van der Waals surface area contributed by atoms with Gasteiger partial charge in [0.05, 0.1) is 30.6 Å². The molecule has 0 saturated carbocycles.